The van der Waals surface area contributed by atoms with Crippen LogP contribution in [0.2, 0.25) is 0 Å². The minimum atomic E-state index is 0.948. The van der Waals surface area contributed by atoms with E-state index in [1.54, 1.807) is 0 Å². The number of anilines is 1. The van der Waals surface area contributed by atoms with E-state index >= 15 is 0 Å². The Morgan fingerprint density at radius 3 is 3.40 bits per heavy atom. The molecule has 1 aliphatic rings. The fraction of sp³-hybridized carbons (Fsp3) is 0.125. The SMILES string of the molecule is C1=CNc2cccnc2C1. The van der Waals surface area contributed by atoms with Crippen molar-refractivity contribution in [2.24, 2.45) is 0 Å². The van der Waals surface area contributed by atoms with Crippen molar-refractivity contribution >= 4 is 5.69 Å². The topological polar surface area (TPSA) is 24.9 Å². The van der Waals surface area contributed by atoms with E-state index in [1.165, 1.54) is 0 Å². The van der Waals surface area contributed by atoms with Gasteiger partial charge in [-0.2, -0.15) is 0 Å². The van der Waals surface area contributed by atoms with Gasteiger partial charge in [0.25, 0.3) is 0 Å². The lowest BCUT2D eigenvalue weighted by atomic mass is 10.2. The summed E-state index contributed by atoms with van der Waals surface area (Å²) in [4.78, 5) is 4.21. The Labute approximate surface area is 59.6 Å². The van der Waals surface area contributed by atoms with Crippen molar-refractivity contribution in [1.82, 2.24) is 4.98 Å². The van der Waals surface area contributed by atoms with Gasteiger partial charge in [0, 0.05) is 12.6 Å². The van der Waals surface area contributed by atoms with Crippen molar-refractivity contribution in [3.8, 4) is 0 Å². The van der Waals surface area contributed by atoms with Gasteiger partial charge in [0.1, 0.15) is 0 Å². The Balaban J connectivity index is 2.47. The van der Waals surface area contributed by atoms with Crippen LogP contribution in [0.5, 0.6) is 0 Å². The summed E-state index contributed by atoms with van der Waals surface area (Å²) in [7, 11) is 0. The highest BCUT2D eigenvalue weighted by atomic mass is 14.9. The van der Waals surface area contributed by atoms with E-state index < -0.39 is 0 Å². The lowest BCUT2D eigenvalue weighted by Gasteiger charge is -2.09. The molecule has 0 unspecified atom stereocenters. The summed E-state index contributed by atoms with van der Waals surface area (Å²) in [5.41, 5.74) is 2.26. The van der Waals surface area contributed by atoms with Crippen molar-refractivity contribution in [1.29, 1.82) is 0 Å². The van der Waals surface area contributed by atoms with Crippen molar-refractivity contribution in [3.63, 3.8) is 0 Å². The first-order valence-electron chi connectivity index (χ1n) is 3.32. The Morgan fingerprint density at radius 2 is 2.50 bits per heavy atom. The summed E-state index contributed by atoms with van der Waals surface area (Å²) >= 11 is 0. The van der Waals surface area contributed by atoms with E-state index in [2.05, 4.69) is 16.4 Å². The number of allylic oxidation sites excluding steroid dienone is 1. The smallest absolute Gasteiger partial charge is 0.0676 e. The number of hydrogen-bond acceptors (Lipinski definition) is 2. The van der Waals surface area contributed by atoms with Crippen LogP contribution in [0.4, 0.5) is 5.69 Å². The molecule has 1 N–H and O–H groups in total. The summed E-state index contributed by atoms with van der Waals surface area (Å²) in [5.74, 6) is 0. The van der Waals surface area contributed by atoms with Crippen LogP contribution in [0, 0.1) is 0 Å². The van der Waals surface area contributed by atoms with Gasteiger partial charge in [-0.3, -0.25) is 4.98 Å². The average Bonchev–Trinajstić information content (AvgIpc) is 2.05. The predicted octanol–water partition coefficient (Wildman–Crippen LogP) is 1.56. The van der Waals surface area contributed by atoms with Gasteiger partial charge >= 0.3 is 0 Å². The molecule has 1 aromatic heterocycles. The van der Waals surface area contributed by atoms with E-state index in [0.29, 0.717) is 0 Å². The fourth-order valence-electron chi connectivity index (χ4n) is 1.05. The molecule has 50 valence electrons. The van der Waals surface area contributed by atoms with Crippen LogP contribution in [0.25, 0.3) is 0 Å². The van der Waals surface area contributed by atoms with Crippen molar-refractivity contribution in [3.05, 3.63) is 36.3 Å². The molecule has 2 rings (SSSR count). The zero-order valence-electron chi connectivity index (χ0n) is 5.54. The molecule has 0 radical (unpaired) electrons. The van der Waals surface area contributed by atoms with E-state index in [9.17, 15) is 0 Å². The molecule has 1 aromatic rings. The molecular weight excluding hydrogens is 124 g/mol. The van der Waals surface area contributed by atoms with Crippen LogP contribution in [0.15, 0.2) is 30.6 Å². The van der Waals surface area contributed by atoms with Crippen LogP contribution in [0.3, 0.4) is 0 Å². The van der Waals surface area contributed by atoms with Crippen LogP contribution in [-0.2, 0) is 6.42 Å². The minimum Gasteiger partial charge on any atom is -0.361 e. The molecule has 0 aliphatic carbocycles. The van der Waals surface area contributed by atoms with E-state index in [0.717, 1.165) is 17.8 Å². The van der Waals surface area contributed by atoms with Crippen molar-refractivity contribution in [2.75, 3.05) is 5.32 Å². The summed E-state index contributed by atoms with van der Waals surface area (Å²) < 4.78 is 0. The first-order chi connectivity index (χ1) is 4.97. The summed E-state index contributed by atoms with van der Waals surface area (Å²) in [6, 6.07) is 3.97. The van der Waals surface area contributed by atoms with Gasteiger partial charge in [-0.15, -0.1) is 0 Å². The zero-order chi connectivity index (χ0) is 6.81. The Hall–Kier alpha value is -1.31. The highest BCUT2D eigenvalue weighted by Gasteiger charge is 2.01. The monoisotopic (exact) mass is 132 g/mol. The molecule has 0 amide bonds. The van der Waals surface area contributed by atoms with Crippen LogP contribution in [0.1, 0.15) is 5.69 Å². The average molecular weight is 132 g/mol. The van der Waals surface area contributed by atoms with Gasteiger partial charge in [-0.1, -0.05) is 6.08 Å². The lowest BCUT2D eigenvalue weighted by molar-refractivity contribution is 1.09. The molecule has 1 aliphatic heterocycles. The minimum absolute atomic E-state index is 0.948. The molecule has 0 atom stereocenters. The molecule has 0 aromatic carbocycles. The van der Waals surface area contributed by atoms with E-state index in [-0.39, 0.29) is 0 Å². The zero-order valence-corrected chi connectivity index (χ0v) is 5.54. The van der Waals surface area contributed by atoms with Crippen LogP contribution >= 0.6 is 0 Å². The predicted molar refractivity (Wildman–Crippen MR) is 40.7 cm³/mol. The largest absolute Gasteiger partial charge is 0.361 e. The fourth-order valence-corrected chi connectivity index (χ4v) is 1.05. The molecule has 2 heteroatoms. The maximum absolute atomic E-state index is 4.21. The quantitative estimate of drug-likeness (QED) is 0.579. The second-order valence-corrected chi connectivity index (χ2v) is 2.25. The van der Waals surface area contributed by atoms with Gasteiger partial charge < -0.3 is 5.32 Å². The standard InChI is InChI=1S/C8H8N2/c1-3-7-8(9-5-1)4-2-6-10-7/h1-3,5-6,10H,4H2. The number of pyridine rings is 1. The normalized spacial score (nSPS) is 14.0. The number of aromatic nitrogens is 1. The Morgan fingerprint density at radius 1 is 1.50 bits per heavy atom. The second-order valence-electron chi connectivity index (χ2n) is 2.25. The number of rotatable bonds is 0. The first-order valence-corrected chi connectivity index (χ1v) is 3.32. The number of nitrogens with zero attached hydrogens (tertiary/aromatic N) is 1. The Kier molecular flexibility index (Phi) is 1.17. The van der Waals surface area contributed by atoms with E-state index in [4.69, 9.17) is 0 Å². The second kappa shape index (κ2) is 2.14. The van der Waals surface area contributed by atoms with Gasteiger partial charge in [-0.05, 0) is 18.3 Å². The molecular formula is C8H8N2. The van der Waals surface area contributed by atoms with Gasteiger partial charge in [0.2, 0.25) is 0 Å². The molecule has 0 saturated heterocycles. The third-order valence-corrected chi connectivity index (χ3v) is 1.56. The van der Waals surface area contributed by atoms with Crippen molar-refractivity contribution in [2.45, 2.75) is 6.42 Å². The number of hydrogen-bond donors (Lipinski definition) is 1. The maximum Gasteiger partial charge on any atom is 0.0676 e. The number of nitrogens with one attached hydrogen (secondary N) is 1. The van der Waals surface area contributed by atoms with Gasteiger partial charge in [0.15, 0.2) is 0 Å². The number of fused-ring (bicyclic) bond motifs is 1. The highest BCUT2D eigenvalue weighted by Crippen LogP contribution is 2.15. The molecule has 10 heavy (non-hydrogen) atoms. The van der Waals surface area contributed by atoms with Gasteiger partial charge in [-0.25, -0.2) is 0 Å². The van der Waals surface area contributed by atoms with E-state index in [1.807, 2.05) is 24.5 Å². The third kappa shape index (κ3) is 0.778. The van der Waals surface area contributed by atoms with Gasteiger partial charge in [0.05, 0.1) is 11.4 Å². The molecule has 0 fully saturated rings. The molecule has 0 saturated carbocycles. The summed E-state index contributed by atoms with van der Waals surface area (Å²) in [6.45, 7) is 0. The lowest BCUT2D eigenvalue weighted by Crippen LogP contribution is -2.00. The maximum atomic E-state index is 4.21. The van der Waals surface area contributed by atoms with Crippen molar-refractivity contribution < 1.29 is 0 Å². The summed E-state index contributed by atoms with van der Waals surface area (Å²) in [6.07, 6.45) is 6.78. The Bertz CT molecular complexity index is 239. The molecule has 2 heterocycles. The molecule has 0 bridgehead atoms. The molecule has 2 nitrogen and oxygen atoms in total. The van der Waals surface area contributed by atoms with Crippen LogP contribution in [-0.4, -0.2) is 4.98 Å². The van der Waals surface area contributed by atoms with Crippen LogP contribution < -0.4 is 5.32 Å². The molecule has 0 spiro atoms. The first kappa shape index (κ1) is 5.47. The third-order valence-electron chi connectivity index (χ3n) is 1.56. The highest BCUT2D eigenvalue weighted by molar-refractivity contribution is 5.52. The summed E-state index contributed by atoms with van der Waals surface area (Å²) in [5, 5.41) is 3.12.